The molecule has 0 radical (unpaired) electrons. The number of anilines is 2. The number of nitrogens with zero attached hydrogens (tertiary/aromatic N) is 1. The van der Waals surface area contributed by atoms with E-state index in [0.717, 1.165) is 54.7 Å². The molecule has 1 heterocycles. The van der Waals surface area contributed by atoms with Crippen LogP contribution in [0.1, 0.15) is 68.4 Å². The number of aryl methyl sites for hydroxylation is 1. The predicted octanol–water partition coefficient (Wildman–Crippen LogP) is 6.14. The van der Waals surface area contributed by atoms with Crippen LogP contribution < -0.4 is 10.6 Å². The molecule has 1 atom stereocenters. The minimum atomic E-state index is -0.281. The van der Waals surface area contributed by atoms with Gasteiger partial charge in [-0.1, -0.05) is 26.3 Å². The van der Waals surface area contributed by atoms with E-state index < -0.39 is 0 Å². The molecule has 3 rings (SSSR count). The first-order valence-corrected chi connectivity index (χ1v) is 12.7. The second-order valence-electron chi connectivity index (χ2n) is 7.71. The Balaban J connectivity index is 1.67. The highest BCUT2D eigenvalue weighted by Gasteiger charge is 2.24. The van der Waals surface area contributed by atoms with Gasteiger partial charge in [0.1, 0.15) is 11.1 Å². The van der Waals surface area contributed by atoms with Crippen molar-refractivity contribution in [3.63, 3.8) is 0 Å². The van der Waals surface area contributed by atoms with E-state index in [4.69, 9.17) is 0 Å². The Bertz CT molecular complexity index is 978. The molecule has 2 N–H and O–H groups in total. The molecule has 2 amide bonds. The first-order chi connectivity index (χ1) is 15.0. The Morgan fingerprint density at radius 3 is 2.77 bits per heavy atom. The number of carbonyl (C=O) groups is 2. The summed E-state index contributed by atoms with van der Waals surface area (Å²) < 4.78 is 0. The Morgan fingerprint density at radius 1 is 1.23 bits per heavy atom. The van der Waals surface area contributed by atoms with Gasteiger partial charge in [-0.25, -0.2) is 0 Å². The summed E-state index contributed by atoms with van der Waals surface area (Å²) in [6.45, 7) is 4.05. The van der Waals surface area contributed by atoms with E-state index in [1.54, 1.807) is 11.3 Å². The normalized spacial score (nSPS) is 13.7. The lowest BCUT2D eigenvalue weighted by atomic mass is 9.96. The number of hydrogen-bond acceptors (Lipinski definition) is 5. The fourth-order valence-electron chi connectivity index (χ4n) is 3.66. The van der Waals surface area contributed by atoms with Crippen molar-refractivity contribution >= 4 is 45.6 Å². The fraction of sp³-hybridized carbons (Fsp3) is 0.458. The van der Waals surface area contributed by atoms with E-state index in [2.05, 4.69) is 23.6 Å². The summed E-state index contributed by atoms with van der Waals surface area (Å²) in [5.41, 5.74) is 2.52. The average Bonchev–Trinajstić information content (AvgIpc) is 3.13. The molecular weight excluding hydrogens is 426 g/mol. The molecule has 1 aliphatic rings. The van der Waals surface area contributed by atoms with E-state index in [-0.39, 0.29) is 17.1 Å². The van der Waals surface area contributed by atoms with Gasteiger partial charge in [0.2, 0.25) is 11.8 Å². The van der Waals surface area contributed by atoms with Gasteiger partial charge in [0.15, 0.2) is 0 Å². The third-order valence-electron chi connectivity index (χ3n) is 5.34. The largest absolute Gasteiger partial charge is 0.326 e. The molecule has 0 saturated carbocycles. The van der Waals surface area contributed by atoms with Crippen LogP contribution in [0, 0.1) is 11.3 Å². The lowest BCUT2D eigenvalue weighted by molar-refractivity contribution is -0.116. The molecule has 0 spiro atoms. The second kappa shape index (κ2) is 11.4. The molecule has 31 heavy (non-hydrogen) atoms. The number of rotatable bonds is 9. The molecule has 0 saturated heterocycles. The van der Waals surface area contributed by atoms with E-state index in [1.807, 2.05) is 31.2 Å². The van der Waals surface area contributed by atoms with Crippen LogP contribution in [0.3, 0.4) is 0 Å². The predicted molar refractivity (Wildman–Crippen MR) is 129 cm³/mol. The average molecular weight is 456 g/mol. The third kappa shape index (κ3) is 6.11. The maximum atomic E-state index is 13.0. The fourth-order valence-corrected chi connectivity index (χ4v) is 5.92. The summed E-state index contributed by atoms with van der Waals surface area (Å²) in [6.07, 6.45) is 7.19. The van der Waals surface area contributed by atoms with Crippen LogP contribution in [-0.4, -0.2) is 17.1 Å². The monoisotopic (exact) mass is 455 g/mol. The number of thioether (sulfide) groups is 1. The van der Waals surface area contributed by atoms with Crippen molar-refractivity contribution in [2.45, 2.75) is 75.4 Å². The Kier molecular flexibility index (Phi) is 8.56. The van der Waals surface area contributed by atoms with Crippen LogP contribution in [0.4, 0.5) is 10.7 Å². The standard InChI is InChI=1S/C24H29N3O2S2/c1-3-5-13-22(28)26-16-9-8-10-17(14-16)30-20(4-2)23(29)27-24-19(15-25)18-11-6-7-12-21(18)31-24/h8-10,14,20H,3-7,11-13H2,1-2H3,(H,26,28)(H,27,29). The lowest BCUT2D eigenvalue weighted by Crippen LogP contribution is -2.24. The van der Waals surface area contributed by atoms with Crippen LogP contribution in [0.5, 0.6) is 0 Å². The maximum Gasteiger partial charge on any atom is 0.238 e. The van der Waals surface area contributed by atoms with E-state index in [1.165, 1.54) is 16.6 Å². The molecule has 1 aliphatic carbocycles. The number of amides is 2. The molecule has 2 aromatic rings. The zero-order valence-corrected chi connectivity index (χ0v) is 19.8. The quantitative estimate of drug-likeness (QED) is 0.445. The molecule has 0 fully saturated rings. The van der Waals surface area contributed by atoms with E-state index in [0.29, 0.717) is 23.4 Å². The van der Waals surface area contributed by atoms with E-state index in [9.17, 15) is 14.9 Å². The number of nitriles is 1. The Hall–Kier alpha value is -2.30. The molecule has 0 aliphatic heterocycles. The van der Waals surface area contributed by atoms with E-state index >= 15 is 0 Å². The summed E-state index contributed by atoms with van der Waals surface area (Å²) in [7, 11) is 0. The van der Waals surface area contributed by atoms with Crippen molar-refractivity contribution < 1.29 is 9.59 Å². The summed E-state index contributed by atoms with van der Waals surface area (Å²) in [6, 6.07) is 9.93. The van der Waals surface area contributed by atoms with Crippen LogP contribution >= 0.6 is 23.1 Å². The van der Waals surface area contributed by atoms with Gasteiger partial charge in [-0.05, 0) is 62.3 Å². The minimum Gasteiger partial charge on any atom is -0.326 e. The first-order valence-electron chi connectivity index (χ1n) is 11.0. The number of nitrogens with one attached hydrogen (secondary N) is 2. The van der Waals surface area contributed by atoms with Crippen LogP contribution in [0.2, 0.25) is 0 Å². The highest BCUT2D eigenvalue weighted by Crippen LogP contribution is 2.38. The van der Waals surface area contributed by atoms with Gasteiger partial charge in [-0.15, -0.1) is 23.1 Å². The number of unbranched alkanes of at least 4 members (excludes halogenated alkanes) is 1. The highest BCUT2D eigenvalue weighted by atomic mass is 32.2. The number of hydrogen-bond donors (Lipinski definition) is 2. The van der Waals surface area contributed by atoms with Gasteiger partial charge >= 0.3 is 0 Å². The minimum absolute atomic E-state index is 0.0134. The van der Waals surface area contributed by atoms with Crippen LogP contribution in [0.25, 0.3) is 0 Å². The summed E-state index contributed by atoms with van der Waals surface area (Å²) in [4.78, 5) is 27.2. The number of fused-ring (bicyclic) bond motifs is 1. The molecule has 1 aromatic carbocycles. The maximum absolute atomic E-state index is 13.0. The van der Waals surface area contributed by atoms with Gasteiger partial charge in [-0.3, -0.25) is 9.59 Å². The van der Waals surface area contributed by atoms with Gasteiger partial charge in [0.05, 0.1) is 10.8 Å². The first kappa shape index (κ1) is 23.4. The van der Waals surface area contributed by atoms with Crippen LogP contribution in [-0.2, 0) is 22.4 Å². The van der Waals surface area contributed by atoms with Crippen LogP contribution in [0.15, 0.2) is 29.2 Å². The second-order valence-corrected chi connectivity index (χ2v) is 10.1. The van der Waals surface area contributed by atoms with Crippen molar-refractivity contribution in [1.29, 1.82) is 5.26 Å². The molecular formula is C24H29N3O2S2. The SMILES string of the molecule is CCCCC(=O)Nc1cccc(SC(CC)C(=O)Nc2sc3c(c2C#N)CCCC3)c1. The molecule has 0 bridgehead atoms. The van der Waals surface area contributed by atoms with Gasteiger partial charge < -0.3 is 10.6 Å². The number of benzene rings is 1. The molecule has 7 heteroatoms. The zero-order valence-electron chi connectivity index (χ0n) is 18.1. The molecule has 164 valence electrons. The van der Waals surface area contributed by atoms with Gasteiger partial charge in [-0.2, -0.15) is 5.26 Å². The summed E-state index contributed by atoms with van der Waals surface area (Å²) >= 11 is 3.04. The highest BCUT2D eigenvalue weighted by molar-refractivity contribution is 8.00. The zero-order chi connectivity index (χ0) is 22.2. The van der Waals surface area contributed by atoms with Crippen molar-refractivity contribution in [3.8, 4) is 6.07 Å². The lowest BCUT2D eigenvalue weighted by Gasteiger charge is -2.15. The Morgan fingerprint density at radius 2 is 2.03 bits per heavy atom. The van der Waals surface area contributed by atoms with Gasteiger partial charge in [0.25, 0.3) is 0 Å². The topological polar surface area (TPSA) is 82.0 Å². The summed E-state index contributed by atoms with van der Waals surface area (Å²) in [5.74, 6) is -0.0699. The smallest absolute Gasteiger partial charge is 0.238 e. The molecule has 1 aromatic heterocycles. The van der Waals surface area contributed by atoms with Crippen molar-refractivity contribution in [2.75, 3.05) is 10.6 Å². The number of thiophene rings is 1. The number of carbonyl (C=O) groups excluding carboxylic acids is 2. The Labute approximate surface area is 192 Å². The van der Waals surface area contributed by atoms with Crippen molar-refractivity contribution in [2.24, 2.45) is 0 Å². The molecule has 5 nitrogen and oxygen atoms in total. The van der Waals surface area contributed by atoms with Gasteiger partial charge in [0, 0.05) is 21.9 Å². The van der Waals surface area contributed by atoms with Crippen molar-refractivity contribution in [3.05, 3.63) is 40.3 Å². The summed E-state index contributed by atoms with van der Waals surface area (Å²) in [5, 5.41) is 16.0. The third-order valence-corrected chi connectivity index (χ3v) is 7.90. The molecule has 1 unspecified atom stereocenters. The van der Waals surface area contributed by atoms with Crippen molar-refractivity contribution in [1.82, 2.24) is 0 Å².